The second-order valence-corrected chi connectivity index (χ2v) is 11.3. The van der Waals surface area contributed by atoms with Gasteiger partial charge in [-0.1, -0.05) is 54.1 Å². The first kappa shape index (κ1) is 25.9. The number of carbonyl (C=O) groups is 1. The molecular weight excluding hydrogens is 474 g/mol. The molecule has 3 aromatic rings. The summed E-state index contributed by atoms with van der Waals surface area (Å²) in [5.41, 5.74) is 5.33. The Morgan fingerprint density at radius 1 is 1.17 bits per heavy atom. The predicted octanol–water partition coefficient (Wildman–Crippen LogP) is 5.37. The van der Waals surface area contributed by atoms with E-state index < -0.39 is 15.9 Å². The number of amides is 1. The average molecular weight is 508 g/mol. The Hall–Kier alpha value is -3.23. The smallest absolute Gasteiger partial charge is 0.248 e. The summed E-state index contributed by atoms with van der Waals surface area (Å²) in [6.45, 7) is 8.16. The number of sulfonamides is 1. The van der Waals surface area contributed by atoms with E-state index in [-0.39, 0.29) is 23.1 Å². The summed E-state index contributed by atoms with van der Waals surface area (Å²) in [5.74, 6) is -0.412. The van der Waals surface area contributed by atoms with Gasteiger partial charge in [-0.15, -0.1) is 0 Å². The Labute approximate surface area is 213 Å². The molecule has 4 rings (SSSR count). The van der Waals surface area contributed by atoms with Crippen LogP contribution in [0.25, 0.3) is 12.2 Å². The molecule has 1 unspecified atom stereocenters. The number of hydrogen-bond acceptors (Lipinski definition) is 5. The molecule has 0 saturated carbocycles. The molecule has 0 spiro atoms. The Bertz CT molecular complexity index is 1390. The maximum atomic E-state index is 13.7. The number of benzene rings is 2. The highest BCUT2D eigenvalue weighted by Gasteiger charge is 2.37. The van der Waals surface area contributed by atoms with Crippen molar-refractivity contribution >= 4 is 33.8 Å². The van der Waals surface area contributed by atoms with Gasteiger partial charge in [-0.25, -0.2) is 8.42 Å². The molecule has 0 radical (unpaired) electrons. The fourth-order valence-corrected chi connectivity index (χ4v) is 6.29. The summed E-state index contributed by atoms with van der Waals surface area (Å²) in [4.78, 5) is 13.1. The fourth-order valence-electron chi connectivity index (χ4n) is 4.52. The van der Waals surface area contributed by atoms with Crippen LogP contribution in [-0.2, 0) is 21.2 Å². The molecule has 2 aromatic carbocycles. The Morgan fingerprint density at radius 2 is 1.97 bits per heavy atom. The van der Waals surface area contributed by atoms with Gasteiger partial charge >= 0.3 is 0 Å². The van der Waals surface area contributed by atoms with Crippen molar-refractivity contribution in [3.8, 4) is 0 Å². The summed E-state index contributed by atoms with van der Waals surface area (Å²) in [7, 11) is -3.91. The molecule has 7 nitrogen and oxygen atoms in total. The number of nitrogens with zero attached hydrogens (tertiary/aromatic N) is 2. The summed E-state index contributed by atoms with van der Waals surface area (Å²) < 4.78 is 34.2. The van der Waals surface area contributed by atoms with Crippen molar-refractivity contribution in [2.75, 3.05) is 18.4 Å². The van der Waals surface area contributed by atoms with Crippen molar-refractivity contribution in [2.45, 2.75) is 51.9 Å². The van der Waals surface area contributed by atoms with E-state index in [2.05, 4.69) is 17.4 Å². The van der Waals surface area contributed by atoms with Crippen LogP contribution in [0.1, 0.15) is 53.5 Å². The van der Waals surface area contributed by atoms with Gasteiger partial charge < -0.3 is 9.84 Å². The molecule has 1 aromatic heterocycles. The average Bonchev–Trinajstić information content (AvgIpc) is 3.25. The van der Waals surface area contributed by atoms with Gasteiger partial charge in [-0.05, 0) is 74.9 Å². The minimum Gasteiger partial charge on any atom is -0.355 e. The maximum Gasteiger partial charge on any atom is 0.248 e. The number of hydrogen-bond donors (Lipinski definition) is 1. The van der Waals surface area contributed by atoms with Crippen molar-refractivity contribution in [3.05, 3.63) is 76.2 Å². The zero-order valence-corrected chi connectivity index (χ0v) is 22.1. The van der Waals surface area contributed by atoms with Gasteiger partial charge in [0.15, 0.2) is 10.7 Å². The molecule has 36 heavy (non-hydrogen) atoms. The molecule has 1 atom stereocenters. The SMILES string of the molecule is CCc1cccc(NC(=O)C2CCCN(S(=O)(=O)c3c(C)noc3C=Cc3cc(C)ccc3C)C2)c1. The van der Waals surface area contributed by atoms with E-state index in [1.807, 2.05) is 62.4 Å². The molecule has 1 saturated heterocycles. The minimum absolute atomic E-state index is 0.0563. The summed E-state index contributed by atoms with van der Waals surface area (Å²) in [6.07, 6.45) is 5.61. The molecule has 1 fully saturated rings. The van der Waals surface area contributed by atoms with Crippen molar-refractivity contribution in [1.29, 1.82) is 0 Å². The number of nitrogens with one attached hydrogen (secondary N) is 1. The van der Waals surface area contributed by atoms with Crippen molar-refractivity contribution in [2.24, 2.45) is 5.92 Å². The largest absolute Gasteiger partial charge is 0.355 e. The van der Waals surface area contributed by atoms with Crippen LogP contribution < -0.4 is 5.32 Å². The molecular formula is C28H33N3O4S. The number of carbonyl (C=O) groups excluding carboxylic acids is 1. The minimum atomic E-state index is -3.91. The highest BCUT2D eigenvalue weighted by molar-refractivity contribution is 7.89. The number of piperidine rings is 1. The zero-order chi connectivity index (χ0) is 25.9. The van der Waals surface area contributed by atoms with Gasteiger partial charge in [0.25, 0.3) is 0 Å². The second-order valence-electron chi connectivity index (χ2n) is 9.40. The molecule has 1 N–H and O–H groups in total. The van der Waals surface area contributed by atoms with Crippen molar-refractivity contribution in [3.63, 3.8) is 0 Å². The quantitative estimate of drug-likeness (QED) is 0.464. The number of aromatic nitrogens is 1. The van der Waals surface area contributed by atoms with Crippen LogP contribution in [0.3, 0.4) is 0 Å². The van der Waals surface area contributed by atoms with Gasteiger partial charge in [0.2, 0.25) is 15.9 Å². The lowest BCUT2D eigenvalue weighted by atomic mass is 9.98. The van der Waals surface area contributed by atoms with E-state index in [9.17, 15) is 13.2 Å². The molecule has 0 aliphatic carbocycles. The van der Waals surface area contributed by atoms with Crippen LogP contribution in [-0.4, -0.2) is 36.9 Å². The first-order valence-electron chi connectivity index (χ1n) is 12.3. The summed E-state index contributed by atoms with van der Waals surface area (Å²) in [6, 6.07) is 13.8. The van der Waals surface area contributed by atoms with Crippen LogP contribution in [0.2, 0.25) is 0 Å². The van der Waals surface area contributed by atoms with Crippen molar-refractivity contribution < 1.29 is 17.7 Å². The Morgan fingerprint density at radius 3 is 2.75 bits per heavy atom. The van der Waals surface area contributed by atoms with Crippen LogP contribution in [0.5, 0.6) is 0 Å². The zero-order valence-electron chi connectivity index (χ0n) is 21.2. The van der Waals surface area contributed by atoms with Crippen LogP contribution >= 0.6 is 0 Å². The normalized spacial score (nSPS) is 16.9. The fraction of sp³-hybridized carbons (Fsp3) is 0.357. The lowest BCUT2D eigenvalue weighted by Gasteiger charge is -2.31. The van der Waals surface area contributed by atoms with E-state index in [1.54, 1.807) is 13.0 Å². The standard InChI is InChI=1S/C28H33N3O4S/c1-5-22-8-6-10-25(17-22)29-28(32)24-9-7-15-31(18-24)36(33,34)27-21(4)30-35-26(27)14-13-23-16-19(2)11-12-20(23)3/h6,8,10-14,16-17,24H,5,7,9,15,18H2,1-4H3,(H,29,32). The van der Waals surface area contributed by atoms with Gasteiger partial charge in [-0.3, -0.25) is 4.79 Å². The lowest BCUT2D eigenvalue weighted by Crippen LogP contribution is -2.43. The topological polar surface area (TPSA) is 92.5 Å². The van der Waals surface area contributed by atoms with Gasteiger partial charge in [-0.2, -0.15) is 4.31 Å². The predicted molar refractivity (Wildman–Crippen MR) is 142 cm³/mol. The third kappa shape index (κ3) is 5.60. The monoisotopic (exact) mass is 507 g/mol. The molecule has 1 aliphatic rings. The first-order chi connectivity index (χ1) is 17.2. The highest BCUT2D eigenvalue weighted by atomic mass is 32.2. The van der Waals surface area contributed by atoms with E-state index in [0.717, 1.165) is 34.4 Å². The first-order valence-corrected chi connectivity index (χ1v) is 13.7. The number of anilines is 1. The van der Waals surface area contributed by atoms with Crippen LogP contribution in [0.4, 0.5) is 5.69 Å². The molecule has 1 amide bonds. The Balaban J connectivity index is 1.54. The summed E-state index contributed by atoms with van der Waals surface area (Å²) in [5, 5.41) is 6.91. The summed E-state index contributed by atoms with van der Waals surface area (Å²) >= 11 is 0. The number of aryl methyl sites for hydroxylation is 4. The van der Waals surface area contributed by atoms with E-state index in [0.29, 0.717) is 25.1 Å². The third-order valence-electron chi connectivity index (χ3n) is 6.64. The molecule has 8 heteroatoms. The van der Waals surface area contributed by atoms with Crippen LogP contribution in [0.15, 0.2) is 51.9 Å². The van der Waals surface area contributed by atoms with Gasteiger partial charge in [0, 0.05) is 18.8 Å². The maximum absolute atomic E-state index is 13.7. The molecule has 190 valence electrons. The molecule has 2 heterocycles. The Kier molecular flexibility index (Phi) is 7.76. The van der Waals surface area contributed by atoms with Crippen molar-refractivity contribution in [1.82, 2.24) is 9.46 Å². The highest BCUT2D eigenvalue weighted by Crippen LogP contribution is 2.30. The van der Waals surface area contributed by atoms with Gasteiger partial charge in [0.1, 0.15) is 5.69 Å². The van der Waals surface area contributed by atoms with Gasteiger partial charge in [0.05, 0.1) is 5.92 Å². The third-order valence-corrected chi connectivity index (χ3v) is 8.66. The molecule has 0 bridgehead atoms. The second kappa shape index (κ2) is 10.8. The van der Waals surface area contributed by atoms with Crippen LogP contribution in [0, 0.1) is 26.7 Å². The lowest BCUT2D eigenvalue weighted by molar-refractivity contribution is -0.120. The molecule has 1 aliphatic heterocycles. The van der Waals surface area contributed by atoms with E-state index >= 15 is 0 Å². The van der Waals surface area contributed by atoms with E-state index in [4.69, 9.17) is 4.52 Å². The number of rotatable bonds is 7. The van der Waals surface area contributed by atoms with E-state index in [1.165, 1.54) is 4.31 Å².